The van der Waals surface area contributed by atoms with E-state index in [1.54, 1.807) is 24.8 Å². The molecule has 168 valence electrons. The third kappa shape index (κ3) is 8.42. The van der Waals surface area contributed by atoms with Crippen LogP contribution in [-0.2, 0) is 6.54 Å². The predicted octanol–water partition coefficient (Wildman–Crippen LogP) is 5.04. The van der Waals surface area contributed by atoms with E-state index in [2.05, 4.69) is 53.0 Å². The number of aromatic hydroxyl groups is 1. The zero-order valence-electron chi connectivity index (χ0n) is 19.4. The Kier molecular flexibility index (Phi) is 10.6. The van der Waals surface area contributed by atoms with Crippen LogP contribution in [0.5, 0.6) is 5.75 Å². The Labute approximate surface area is 187 Å². The van der Waals surface area contributed by atoms with Crippen molar-refractivity contribution in [2.45, 2.75) is 53.5 Å². The van der Waals surface area contributed by atoms with Crippen molar-refractivity contribution >= 4 is 0 Å². The van der Waals surface area contributed by atoms with Crippen molar-refractivity contribution in [2.24, 2.45) is 0 Å². The summed E-state index contributed by atoms with van der Waals surface area (Å²) in [6.07, 6.45) is 15.4. The van der Waals surface area contributed by atoms with E-state index in [1.165, 1.54) is 18.4 Å². The third-order valence-corrected chi connectivity index (χ3v) is 4.95. The number of hydrogen-bond donors (Lipinski definition) is 1. The van der Waals surface area contributed by atoms with Crippen molar-refractivity contribution in [1.29, 1.82) is 0 Å². The van der Waals surface area contributed by atoms with Crippen LogP contribution in [0.4, 0.5) is 0 Å². The molecule has 0 spiro atoms. The van der Waals surface area contributed by atoms with Gasteiger partial charge in [0.25, 0.3) is 0 Å². The molecular formula is C25H37N5O. The van der Waals surface area contributed by atoms with Gasteiger partial charge >= 0.3 is 0 Å². The molecule has 0 saturated carbocycles. The molecule has 0 radical (unpaired) electrons. The van der Waals surface area contributed by atoms with E-state index in [9.17, 15) is 5.11 Å². The minimum Gasteiger partial charge on any atom is -0.508 e. The largest absolute Gasteiger partial charge is 0.508 e. The van der Waals surface area contributed by atoms with Crippen LogP contribution in [0.2, 0.25) is 0 Å². The molecule has 6 nitrogen and oxygen atoms in total. The summed E-state index contributed by atoms with van der Waals surface area (Å²) in [4.78, 5) is 2.53. The van der Waals surface area contributed by atoms with E-state index in [1.807, 2.05) is 35.9 Å². The second-order valence-corrected chi connectivity index (χ2v) is 7.80. The first kappa shape index (κ1) is 24.4. The van der Waals surface area contributed by atoms with Crippen LogP contribution in [0.15, 0.2) is 72.5 Å². The lowest BCUT2D eigenvalue weighted by molar-refractivity contribution is 0.291. The molecular weight excluding hydrogens is 386 g/mol. The average molecular weight is 424 g/mol. The van der Waals surface area contributed by atoms with Crippen LogP contribution in [0.3, 0.4) is 0 Å². The Hall–Kier alpha value is -2.86. The molecule has 0 fully saturated rings. The van der Waals surface area contributed by atoms with Crippen molar-refractivity contribution in [3.63, 3.8) is 0 Å². The number of phenols is 1. The van der Waals surface area contributed by atoms with Gasteiger partial charge in [-0.3, -0.25) is 9.91 Å². The van der Waals surface area contributed by atoms with Gasteiger partial charge in [-0.05, 0) is 69.6 Å². The van der Waals surface area contributed by atoms with E-state index < -0.39 is 0 Å². The third-order valence-electron chi connectivity index (χ3n) is 4.95. The minimum atomic E-state index is 0.267. The van der Waals surface area contributed by atoms with Gasteiger partial charge in [0.2, 0.25) is 0 Å². The SMILES string of the molecule is C/C=C/C=C(\C=C(/C)CN(CCC)CCCC)N(Cc1ccc(O)cc1)n1cnnc1. The standard InChI is InChI=1S/C25H37N5O/c1-5-8-10-24(17-22(4)18-28(15-7-3)16-9-6-2)30(29-20-26-27-21-29)19-23-11-13-25(31)14-12-23/h5,8,10-14,17,20-21,31H,6-7,9,15-16,18-19H2,1-4H3/b8-5+,22-17+,24-10+. The summed E-state index contributed by atoms with van der Waals surface area (Å²) in [5.41, 5.74) is 3.44. The van der Waals surface area contributed by atoms with Crippen LogP contribution < -0.4 is 5.01 Å². The fraction of sp³-hybridized carbons (Fsp3) is 0.440. The first-order chi connectivity index (χ1) is 15.1. The van der Waals surface area contributed by atoms with Crippen LogP contribution in [0.25, 0.3) is 0 Å². The molecule has 2 rings (SSSR count). The fourth-order valence-electron chi connectivity index (χ4n) is 3.42. The van der Waals surface area contributed by atoms with Gasteiger partial charge in [-0.1, -0.05) is 50.1 Å². The van der Waals surface area contributed by atoms with Crippen LogP contribution in [0.1, 0.15) is 52.5 Å². The van der Waals surface area contributed by atoms with Crippen LogP contribution in [0, 0.1) is 0 Å². The van der Waals surface area contributed by atoms with Gasteiger partial charge < -0.3 is 5.11 Å². The highest BCUT2D eigenvalue weighted by Crippen LogP contribution is 2.17. The molecule has 6 heteroatoms. The summed E-state index contributed by atoms with van der Waals surface area (Å²) in [5, 5.41) is 19.8. The number of aromatic nitrogens is 3. The highest BCUT2D eigenvalue weighted by Gasteiger charge is 2.13. The van der Waals surface area contributed by atoms with E-state index in [0.717, 1.165) is 37.3 Å². The van der Waals surface area contributed by atoms with E-state index >= 15 is 0 Å². The number of allylic oxidation sites excluding steroid dienone is 4. The first-order valence-electron chi connectivity index (χ1n) is 11.2. The van der Waals surface area contributed by atoms with Crippen LogP contribution >= 0.6 is 0 Å². The molecule has 0 aliphatic rings. The zero-order chi connectivity index (χ0) is 22.5. The summed E-state index contributed by atoms with van der Waals surface area (Å²) in [7, 11) is 0. The van der Waals surface area contributed by atoms with E-state index in [0.29, 0.717) is 6.54 Å². The zero-order valence-corrected chi connectivity index (χ0v) is 19.4. The quantitative estimate of drug-likeness (QED) is 0.457. The summed E-state index contributed by atoms with van der Waals surface area (Å²) in [6.45, 7) is 12.5. The van der Waals surface area contributed by atoms with Crippen molar-refractivity contribution in [3.8, 4) is 5.75 Å². The minimum absolute atomic E-state index is 0.267. The van der Waals surface area contributed by atoms with Gasteiger partial charge in [0.15, 0.2) is 0 Å². The molecule has 0 saturated heterocycles. The Morgan fingerprint density at radius 2 is 1.77 bits per heavy atom. The second kappa shape index (κ2) is 13.4. The van der Waals surface area contributed by atoms with Gasteiger partial charge in [0.1, 0.15) is 18.4 Å². The first-order valence-corrected chi connectivity index (χ1v) is 11.2. The summed E-state index contributed by atoms with van der Waals surface area (Å²) in [6, 6.07) is 7.30. The molecule has 0 amide bonds. The molecule has 1 N–H and O–H groups in total. The summed E-state index contributed by atoms with van der Waals surface area (Å²) >= 11 is 0. The van der Waals surface area contributed by atoms with Gasteiger partial charge in [-0.2, -0.15) is 0 Å². The molecule has 0 unspecified atom stereocenters. The normalized spacial score (nSPS) is 12.8. The molecule has 0 atom stereocenters. The fourth-order valence-corrected chi connectivity index (χ4v) is 3.42. The topological polar surface area (TPSA) is 57.4 Å². The van der Waals surface area contributed by atoms with Crippen molar-refractivity contribution in [2.75, 3.05) is 24.6 Å². The van der Waals surface area contributed by atoms with E-state index in [4.69, 9.17) is 0 Å². The smallest absolute Gasteiger partial charge is 0.139 e. The maximum atomic E-state index is 9.63. The number of nitrogens with zero attached hydrogens (tertiary/aromatic N) is 5. The van der Waals surface area contributed by atoms with E-state index in [-0.39, 0.29) is 5.75 Å². The summed E-state index contributed by atoms with van der Waals surface area (Å²) < 4.78 is 1.90. The number of phenolic OH excluding ortho intramolecular Hbond substituents is 1. The van der Waals surface area contributed by atoms with Gasteiger partial charge in [0.05, 0.1) is 12.2 Å². The molecule has 1 heterocycles. The number of benzene rings is 1. The molecule has 0 aliphatic carbocycles. The number of hydrogen-bond acceptors (Lipinski definition) is 5. The maximum Gasteiger partial charge on any atom is 0.139 e. The molecule has 0 bridgehead atoms. The van der Waals surface area contributed by atoms with Crippen molar-refractivity contribution in [3.05, 3.63) is 78.1 Å². The number of rotatable bonds is 13. The molecule has 2 aromatic rings. The average Bonchev–Trinajstić information content (AvgIpc) is 3.29. The number of unbranched alkanes of at least 4 members (excludes halogenated alkanes) is 1. The van der Waals surface area contributed by atoms with Gasteiger partial charge in [0, 0.05) is 6.54 Å². The monoisotopic (exact) mass is 423 g/mol. The highest BCUT2D eigenvalue weighted by molar-refractivity contribution is 5.36. The second-order valence-electron chi connectivity index (χ2n) is 7.80. The Morgan fingerprint density at radius 1 is 1.06 bits per heavy atom. The van der Waals surface area contributed by atoms with Crippen molar-refractivity contribution < 1.29 is 5.11 Å². The lowest BCUT2D eigenvalue weighted by Crippen LogP contribution is -2.32. The Morgan fingerprint density at radius 3 is 2.39 bits per heavy atom. The predicted molar refractivity (Wildman–Crippen MR) is 128 cm³/mol. The maximum absolute atomic E-state index is 9.63. The Bertz CT molecular complexity index is 837. The molecule has 1 aromatic heterocycles. The lowest BCUT2D eigenvalue weighted by atomic mass is 10.1. The molecule has 0 aliphatic heterocycles. The molecule has 1 aromatic carbocycles. The summed E-state index contributed by atoms with van der Waals surface area (Å²) in [5.74, 6) is 0.267. The van der Waals surface area contributed by atoms with Gasteiger partial charge in [-0.25, -0.2) is 4.68 Å². The van der Waals surface area contributed by atoms with Gasteiger partial charge in [-0.15, -0.1) is 10.2 Å². The molecule has 31 heavy (non-hydrogen) atoms. The highest BCUT2D eigenvalue weighted by atomic mass is 16.3. The Balaban J connectivity index is 2.32. The lowest BCUT2D eigenvalue weighted by Gasteiger charge is -2.27. The van der Waals surface area contributed by atoms with Crippen molar-refractivity contribution in [1.82, 2.24) is 19.8 Å². The van der Waals surface area contributed by atoms with Crippen LogP contribution in [-0.4, -0.2) is 44.5 Å².